The molecule has 1 nitrogen and oxygen atoms in total. The summed E-state index contributed by atoms with van der Waals surface area (Å²) in [7, 11) is 0. The molecule has 2 rings (SSSR count). The Morgan fingerprint density at radius 1 is 1.12 bits per heavy atom. The first-order chi connectivity index (χ1) is 7.89. The van der Waals surface area contributed by atoms with Gasteiger partial charge >= 0.3 is 6.18 Å². The molecule has 0 unspecified atom stereocenters. The van der Waals surface area contributed by atoms with E-state index >= 15 is 0 Å². The number of carbonyl (C=O) groups is 1. The SMILES string of the molecule is O=C(Cl)c1ccc2cccc(C(F)(F)F)c2c1. The van der Waals surface area contributed by atoms with E-state index in [2.05, 4.69) is 0 Å². The Bertz CT molecular complexity index is 590. The maximum Gasteiger partial charge on any atom is 0.417 e. The standard InChI is InChI=1S/C12H6ClF3O/c13-11(17)8-5-4-7-2-1-3-10(9(7)6-8)12(14,15)16/h1-6H. The van der Waals surface area contributed by atoms with E-state index in [-0.39, 0.29) is 10.9 Å². The molecular weight excluding hydrogens is 253 g/mol. The van der Waals surface area contributed by atoms with E-state index in [4.69, 9.17) is 11.6 Å². The second kappa shape index (κ2) is 4.04. The molecule has 17 heavy (non-hydrogen) atoms. The van der Waals surface area contributed by atoms with Gasteiger partial charge in [0, 0.05) is 5.56 Å². The van der Waals surface area contributed by atoms with Gasteiger partial charge in [-0.2, -0.15) is 13.2 Å². The van der Waals surface area contributed by atoms with E-state index in [1.54, 1.807) is 6.07 Å². The fourth-order valence-corrected chi connectivity index (χ4v) is 1.76. The second-order valence-electron chi connectivity index (χ2n) is 3.51. The number of benzene rings is 2. The summed E-state index contributed by atoms with van der Waals surface area (Å²) in [5.74, 6) is 0. The van der Waals surface area contributed by atoms with E-state index < -0.39 is 17.0 Å². The van der Waals surface area contributed by atoms with Crippen molar-refractivity contribution in [1.82, 2.24) is 0 Å². The smallest absolute Gasteiger partial charge is 0.276 e. The Morgan fingerprint density at radius 2 is 1.82 bits per heavy atom. The summed E-state index contributed by atoms with van der Waals surface area (Å²) in [6.07, 6.45) is -4.45. The third-order valence-electron chi connectivity index (χ3n) is 2.41. The van der Waals surface area contributed by atoms with Gasteiger partial charge in [0.1, 0.15) is 0 Å². The molecule has 0 amide bonds. The minimum Gasteiger partial charge on any atom is -0.276 e. The molecule has 0 aliphatic heterocycles. The molecule has 0 aliphatic rings. The molecular formula is C12H6ClF3O. The zero-order valence-electron chi connectivity index (χ0n) is 8.38. The van der Waals surface area contributed by atoms with Gasteiger partial charge in [-0.15, -0.1) is 0 Å². The van der Waals surface area contributed by atoms with Crippen LogP contribution in [0.5, 0.6) is 0 Å². The minimum atomic E-state index is -4.45. The minimum absolute atomic E-state index is 0.0218. The molecule has 0 aliphatic carbocycles. The quantitative estimate of drug-likeness (QED) is 0.699. The number of halogens is 4. The lowest BCUT2D eigenvalue weighted by molar-refractivity contribution is -0.136. The normalized spacial score (nSPS) is 11.8. The number of hydrogen-bond donors (Lipinski definition) is 0. The highest BCUT2D eigenvalue weighted by Gasteiger charge is 2.32. The first kappa shape index (κ1) is 11.9. The monoisotopic (exact) mass is 258 g/mol. The fourth-order valence-electron chi connectivity index (χ4n) is 1.64. The molecule has 2 aromatic carbocycles. The molecule has 2 aromatic rings. The van der Waals surface area contributed by atoms with Crippen molar-refractivity contribution in [3.63, 3.8) is 0 Å². The van der Waals surface area contributed by atoms with Crippen LogP contribution >= 0.6 is 11.6 Å². The lowest BCUT2D eigenvalue weighted by Gasteiger charge is -2.10. The largest absolute Gasteiger partial charge is 0.417 e. The zero-order valence-corrected chi connectivity index (χ0v) is 9.14. The summed E-state index contributed by atoms with van der Waals surface area (Å²) in [6.45, 7) is 0. The summed E-state index contributed by atoms with van der Waals surface area (Å²) in [5.41, 5.74) is -0.717. The summed E-state index contributed by atoms with van der Waals surface area (Å²) < 4.78 is 38.2. The predicted octanol–water partition coefficient (Wildman–Crippen LogP) is 4.24. The van der Waals surface area contributed by atoms with E-state index in [9.17, 15) is 18.0 Å². The van der Waals surface area contributed by atoms with E-state index in [1.165, 1.54) is 18.2 Å². The van der Waals surface area contributed by atoms with Gasteiger partial charge in [0.05, 0.1) is 5.56 Å². The van der Waals surface area contributed by atoms with Gasteiger partial charge in [0.2, 0.25) is 0 Å². The summed E-state index contributed by atoms with van der Waals surface area (Å²) in [4.78, 5) is 10.9. The van der Waals surface area contributed by atoms with Crippen molar-refractivity contribution >= 4 is 27.6 Å². The first-order valence-electron chi connectivity index (χ1n) is 4.69. The van der Waals surface area contributed by atoms with Gasteiger partial charge in [-0.25, -0.2) is 0 Å². The number of hydrogen-bond acceptors (Lipinski definition) is 1. The number of rotatable bonds is 1. The molecule has 5 heteroatoms. The summed E-state index contributed by atoms with van der Waals surface area (Å²) >= 11 is 5.25. The average Bonchev–Trinajstić information content (AvgIpc) is 2.26. The van der Waals surface area contributed by atoms with Crippen LogP contribution in [0.15, 0.2) is 36.4 Å². The molecule has 0 atom stereocenters. The lowest BCUT2D eigenvalue weighted by Crippen LogP contribution is -2.05. The van der Waals surface area contributed by atoms with Crippen molar-refractivity contribution in [3.05, 3.63) is 47.5 Å². The third kappa shape index (κ3) is 2.26. The van der Waals surface area contributed by atoms with Gasteiger partial charge in [0.25, 0.3) is 5.24 Å². The Kier molecular flexibility index (Phi) is 2.83. The number of fused-ring (bicyclic) bond motifs is 1. The molecule has 0 bridgehead atoms. The van der Waals surface area contributed by atoms with Crippen molar-refractivity contribution < 1.29 is 18.0 Å². The maximum absolute atomic E-state index is 12.7. The second-order valence-corrected chi connectivity index (χ2v) is 3.86. The van der Waals surface area contributed by atoms with Gasteiger partial charge in [-0.1, -0.05) is 18.2 Å². The first-order valence-corrected chi connectivity index (χ1v) is 5.07. The van der Waals surface area contributed by atoms with Crippen molar-refractivity contribution in [3.8, 4) is 0 Å². The van der Waals surface area contributed by atoms with Crippen LogP contribution < -0.4 is 0 Å². The highest BCUT2D eigenvalue weighted by molar-refractivity contribution is 6.67. The highest BCUT2D eigenvalue weighted by Crippen LogP contribution is 2.35. The molecule has 0 spiro atoms. The summed E-state index contributed by atoms with van der Waals surface area (Å²) in [6, 6.07) is 7.86. The molecule has 0 N–H and O–H groups in total. The van der Waals surface area contributed by atoms with Crippen LogP contribution in [0.3, 0.4) is 0 Å². The van der Waals surface area contributed by atoms with E-state index in [0.29, 0.717) is 5.39 Å². The number of alkyl halides is 3. The lowest BCUT2D eigenvalue weighted by atomic mass is 10.0. The fraction of sp³-hybridized carbons (Fsp3) is 0.0833. The highest BCUT2D eigenvalue weighted by atomic mass is 35.5. The number of carbonyl (C=O) groups excluding carboxylic acids is 1. The Morgan fingerprint density at radius 3 is 2.41 bits per heavy atom. The Labute approximate surface area is 99.8 Å². The Balaban J connectivity index is 2.77. The summed E-state index contributed by atoms with van der Waals surface area (Å²) in [5, 5.41) is -0.378. The average molecular weight is 259 g/mol. The molecule has 0 fully saturated rings. The molecule has 0 heterocycles. The van der Waals surface area contributed by atoms with Gasteiger partial charge in [-0.05, 0) is 40.6 Å². The van der Waals surface area contributed by atoms with Crippen molar-refractivity contribution in [2.45, 2.75) is 6.18 Å². The maximum atomic E-state index is 12.7. The van der Waals surface area contributed by atoms with Gasteiger partial charge in [-0.3, -0.25) is 4.79 Å². The zero-order chi connectivity index (χ0) is 12.6. The van der Waals surface area contributed by atoms with Crippen LogP contribution in [0.2, 0.25) is 0 Å². The molecule has 0 radical (unpaired) electrons. The van der Waals surface area contributed by atoms with Gasteiger partial charge < -0.3 is 0 Å². The van der Waals surface area contributed by atoms with Crippen molar-refractivity contribution in [1.29, 1.82) is 0 Å². The van der Waals surface area contributed by atoms with Crippen molar-refractivity contribution in [2.24, 2.45) is 0 Å². The van der Waals surface area contributed by atoms with Gasteiger partial charge in [0.15, 0.2) is 0 Å². The third-order valence-corrected chi connectivity index (χ3v) is 2.63. The van der Waals surface area contributed by atoms with Crippen LogP contribution in [0.25, 0.3) is 10.8 Å². The molecule has 0 saturated heterocycles. The van der Waals surface area contributed by atoms with E-state index in [0.717, 1.165) is 12.1 Å². The molecule has 0 saturated carbocycles. The predicted molar refractivity (Wildman–Crippen MR) is 59.1 cm³/mol. The Hall–Kier alpha value is -1.55. The topological polar surface area (TPSA) is 17.1 Å². The van der Waals surface area contributed by atoms with Crippen LogP contribution in [-0.4, -0.2) is 5.24 Å². The van der Waals surface area contributed by atoms with Crippen LogP contribution in [0.1, 0.15) is 15.9 Å². The van der Waals surface area contributed by atoms with Crippen LogP contribution in [0, 0.1) is 0 Å². The molecule has 88 valence electrons. The van der Waals surface area contributed by atoms with E-state index in [1.807, 2.05) is 0 Å². The molecule has 0 aromatic heterocycles. The van der Waals surface area contributed by atoms with Crippen molar-refractivity contribution in [2.75, 3.05) is 0 Å². The van der Waals surface area contributed by atoms with Crippen LogP contribution in [-0.2, 0) is 6.18 Å². The van der Waals surface area contributed by atoms with Crippen LogP contribution in [0.4, 0.5) is 13.2 Å².